The number of pyridine rings is 1. The summed E-state index contributed by atoms with van der Waals surface area (Å²) in [6.45, 7) is 0. The van der Waals surface area contributed by atoms with E-state index in [2.05, 4.69) is 15.2 Å². The van der Waals surface area contributed by atoms with Crippen molar-refractivity contribution in [2.24, 2.45) is 0 Å². The molecule has 5 heteroatoms. The van der Waals surface area contributed by atoms with Crippen LogP contribution in [0.25, 0.3) is 34.2 Å². The number of nitrogens with zero attached hydrogens (tertiary/aromatic N) is 3. The van der Waals surface area contributed by atoms with Crippen LogP contribution in [0.1, 0.15) is 0 Å². The topological polar surface area (TPSA) is 51.8 Å². The van der Waals surface area contributed by atoms with Crippen molar-refractivity contribution in [1.82, 2.24) is 15.2 Å². The van der Waals surface area contributed by atoms with Crippen LogP contribution >= 0.6 is 0 Å². The summed E-state index contributed by atoms with van der Waals surface area (Å²) in [5, 5.41) is 8.06. The molecule has 4 rings (SSSR count). The lowest BCUT2D eigenvalue weighted by atomic mass is 10.1. The molecular formula is C19H12FN3O. The summed E-state index contributed by atoms with van der Waals surface area (Å²) in [7, 11) is 0. The van der Waals surface area contributed by atoms with Gasteiger partial charge in [0.2, 0.25) is 11.8 Å². The lowest BCUT2D eigenvalue weighted by Gasteiger charge is -2.01. The summed E-state index contributed by atoms with van der Waals surface area (Å²) >= 11 is 0. The maximum absolute atomic E-state index is 13.3. The van der Waals surface area contributed by atoms with E-state index in [-0.39, 0.29) is 11.7 Å². The normalized spacial score (nSPS) is 10.7. The highest BCUT2D eigenvalue weighted by Crippen LogP contribution is 2.26. The molecule has 116 valence electrons. The molecule has 0 aliphatic heterocycles. The lowest BCUT2D eigenvalue weighted by molar-refractivity contribution is 0.582. The molecule has 0 radical (unpaired) electrons. The molecule has 24 heavy (non-hydrogen) atoms. The molecule has 2 aromatic carbocycles. The van der Waals surface area contributed by atoms with E-state index in [0.29, 0.717) is 11.5 Å². The van der Waals surface area contributed by atoms with Crippen molar-refractivity contribution in [3.8, 4) is 34.2 Å². The minimum absolute atomic E-state index is 0.280. The van der Waals surface area contributed by atoms with Crippen LogP contribution in [-0.2, 0) is 0 Å². The predicted molar refractivity (Wildman–Crippen MR) is 88.4 cm³/mol. The molecule has 2 aromatic heterocycles. The monoisotopic (exact) mass is 317 g/mol. The Kier molecular flexibility index (Phi) is 3.59. The molecule has 0 aliphatic rings. The molecule has 0 N–H and O–H groups in total. The van der Waals surface area contributed by atoms with Crippen LogP contribution in [-0.4, -0.2) is 15.2 Å². The van der Waals surface area contributed by atoms with E-state index in [0.717, 1.165) is 16.8 Å². The van der Waals surface area contributed by atoms with Gasteiger partial charge in [0.1, 0.15) is 5.82 Å². The minimum atomic E-state index is -0.345. The maximum atomic E-state index is 13.3. The fourth-order valence-electron chi connectivity index (χ4n) is 2.41. The molecule has 0 saturated heterocycles. The van der Waals surface area contributed by atoms with E-state index in [1.165, 1.54) is 12.1 Å². The average Bonchev–Trinajstić information content (AvgIpc) is 3.13. The predicted octanol–water partition coefficient (Wildman–Crippen LogP) is 4.60. The van der Waals surface area contributed by atoms with Crippen LogP contribution in [0.2, 0.25) is 0 Å². The maximum Gasteiger partial charge on any atom is 0.248 e. The number of benzene rings is 2. The van der Waals surface area contributed by atoms with Crippen LogP contribution in [0.5, 0.6) is 0 Å². The van der Waals surface area contributed by atoms with E-state index in [1.807, 2.05) is 36.4 Å². The Hall–Kier alpha value is -3.34. The smallest absolute Gasteiger partial charge is 0.248 e. The first-order chi connectivity index (χ1) is 11.8. The fraction of sp³-hybridized carbons (Fsp3) is 0. The highest BCUT2D eigenvalue weighted by Gasteiger charge is 2.12. The van der Waals surface area contributed by atoms with Gasteiger partial charge in [0, 0.05) is 22.9 Å². The Morgan fingerprint density at radius 1 is 0.708 bits per heavy atom. The number of hydrogen-bond acceptors (Lipinski definition) is 4. The molecule has 0 fully saturated rings. The minimum Gasteiger partial charge on any atom is -0.416 e. The van der Waals surface area contributed by atoms with Crippen molar-refractivity contribution in [3.05, 3.63) is 78.7 Å². The molecule has 0 spiro atoms. The van der Waals surface area contributed by atoms with Crippen molar-refractivity contribution in [2.45, 2.75) is 0 Å². The SMILES string of the molecule is Fc1cccc(-c2nnc(-c3ccnc(-c4ccccc4)c3)o2)c1. The van der Waals surface area contributed by atoms with E-state index in [4.69, 9.17) is 4.42 Å². The highest BCUT2D eigenvalue weighted by molar-refractivity contribution is 5.66. The summed E-state index contributed by atoms with van der Waals surface area (Å²) in [6, 6.07) is 19.6. The Morgan fingerprint density at radius 2 is 1.42 bits per heavy atom. The van der Waals surface area contributed by atoms with Crippen LogP contribution in [0.15, 0.2) is 77.3 Å². The van der Waals surface area contributed by atoms with Gasteiger partial charge in [-0.05, 0) is 30.3 Å². The first kappa shape index (κ1) is 14.3. The zero-order valence-corrected chi connectivity index (χ0v) is 12.6. The summed E-state index contributed by atoms with van der Waals surface area (Å²) in [6.07, 6.45) is 1.70. The van der Waals surface area contributed by atoms with Gasteiger partial charge in [-0.15, -0.1) is 10.2 Å². The van der Waals surface area contributed by atoms with Gasteiger partial charge in [0.15, 0.2) is 0 Å². The Labute approximate surface area is 137 Å². The highest BCUT2D eigenvalue weighted by atomic mass is 19.1. The van der Waals surface area contributed by atoms with E-state index < -0.39 is 0 Å². The number of hydrogen-bond donors (Lipinski definition) is 0. The van der Waals surface area contributed by atoms with Gasteiger partial charge in [0.25, 0.3) is 0 Å². The van der Waals surface area contributed by atoms with Crippen LogP contribution in [0.4, 0.5) is 4.39 Å². The van der Waals surface area contributed by atoms with Gasteiger partial charge in [0.05, 0.1) is 5.69 Å². The van der Waals surface area contributed by atoms with Gasteiger partial charge in [-0.25, -0.2) is 4.39 Å². The third-order valence-electron chi connectivity index (χ3n) is 3.57. The standard InChI is InChI=1S/C19H12FN3O/c20-16-8-4-7-14(11-16)18-22-23-19(24-18)15-9-10-21-17(12-15)13-5-2-1-3-6-13/h1-12H. The molecular weight excluding hydrogens is 305 g/mol. The zero-order valence-electron chi connectivity index (χ0n) is 12.6. The second-order valence-electron chi connectivity index (χ2n) is 5.22. The number of halogens is 1. The summed E-state index contributed by atoms with van der Waals surface area (Å²) < 4.78 is 19.0. The van der Waals surface area contributed by atoms with E-state index in [1.54, 1.807) is 24.4 Å². The first-order valence-electron chi connectivity index (χ1n) is 7.41. The largest absolute Gasteiger partial charge is 0.416 e. The molecule has 0 saturated carbocycles. The second-order valence-corrected chi connectivity index (χ2v) is 5.22. The van der Waals surface area contributed by atoms with Crippen molar-refractivity contribution < 1.29 is 8.81 Å². The van der Waals surface area contributed by atoms with Gasteiger partial charge in [-0.1, -0.05) is 36.4 Å². The average molecular weight is 317 g/mol. The van der Waals surface area contributed by atoms with Crippen LogP contribution < -0.4 is 0 Å². The lowest BCUT2D eigenvalue weighted by Crippen LogP contribution is -1.85. The van der Waals surface area contributed by atoms with E-state index in [9.17, 15) is 4.39 Å². The quantitative estimate of drug-likeness (QED) is 0.554. The van der Waals surface area contributed by atoms with Gasteiger partial charge in [-0.2, -0.15) is 0 Å². The Morgan fingerprint density at radius 3 is 2.17 bits per heavy atom. The fourth-order valence-corrected chi connectivity index (χ4v) is 2.41. The Bertz CT molecular complexity index is 983. The molecule has 0 aliphatic carbocycles. The molecule has 0 bridgehead atoms. The molecule has 0 amide bonds. The van der Waals surface area contributed by atoms with Crippen LogP contribution in [0, 0.1) is 5.82 Å². The summed E-state index contributed by atoms with van der Waals surface area (Å²) in [4.78, 5) is 4.37. The van der Waals surface area contributed by atoms with Gasteiger partial charge >= 0.3 is 0 Å². The molecule has 0 atom stereocenters. The second kappa shape index (κ2) is 6.04. The van der Waals surface area contributed by atoms with E-state index >= 15 is 0 Å². The van der Waals surface area contributed by atoms with Crippen molar-refractivity contribution in [1.29, 1.82) is 0 Å². The molecule has 0 unspecified atom stereocenters. The number of aromatic nitrogens is 3. The number of rotatable bonds is 3. The van der Waals surface area contributed by atoms with Crippen molar-refractivity contribution in [2.75, 3.05) is 0 Å². The van der Waals surface area contributed by atoms with Crippen LogP contribution in [0.3, 0.4) is 0 Å². The van der Waals surface area contributed by atoms with Crippen molar-refractivity contribution in [3.63, 3.8) is 0 Å². The van der Waals surface area contributed by atoms with Gasteiger partial charge < -0.3 is 4.42 Å². The third kappa shape index (κ3) is 2.79. The zero-order chi connectivity index (χ0) is 16.4. The molecule has 2 heterocycles. The summed E-state index contributed by atoms with van der Waals surface area (Å²) in [5.74, 6) is 0.305. The third-order valence-corrected chi connectivity index (χ3v) is 3.57. The Balaban J connectivity index is 1.70. The first-order valence-corrected chi connectivity index (χ1v) is 7.41. The molecule has 4 nitrogen and oxygen atoms in total. The summed E-state index contributed by atoms with van der Waals surface area (Å²) in [5.41, 5.74) is 3.13. The van der Waals surface area contributed by atoms with Crippen molar-refractivity contribution >= 4 is 0 Å². The molecule has 4 aromatic rings. The van der Waals surface area contributed by atoms with Gasteiger partial charge in [-0.3, -0.25) is 4.98 Å².